The van der Waals surface area contributed by atoms with Crippen molar-refractivity contribution in [1.82, 2.24) is 9.97 Å². The SMILES string of the molecule is CSc1ncc(B(F)F)cn1.[F-].[K+]. The van der Waals surface area contributed by atoms with Crippen LogP contribution >= 0.6 is 11.8 Å². The van der Waals surface area contributed by atoms with E-state index in [9.17, 15) is 8.63 Å². The molecule has 0 fully saturated rings. The molecule has 13 heavy (non-hydrogen) atoms. The molecule has 0 N–H and O–H groups in total. The molecule has 0 aliphatic rings. The molecule has 0 spiro atoms. The van der Waals surface area contributed by atoms with E-state index in [2.05, 4.69) is 9.97 Å². The van der Waals surface area contributed by atoms with E-state index in [-0.39, 0.29) is 61.6 Å². The van der Waals surface area contributed by atoms with Gasteiger partial charge in [0.05, 0.1) is 0 Å². The van der Waals surface area contributed by atoms with Crippen LogP contribution < -0.4 is 61.6 Å². The molecular weight excluding hydrogens is 227 g/mol. The Morgan fingerprint density at radius 1 is 1.31 bits per heavy atom. The third kappa shape index (κ3) is 5.38. The molecule has 0 atom stereocenters. The maximum atomic E-state index is 11.9. The van der Waals surface area contributed by atoms with E-state index in [1.165, 1.54) is 11.8 Å². The van der Waals surface area contributed by atoms with Crippen LogP contribution in [0.25, 0.3) is 0 Å². The molecule has 1 heterocycles. The minimum Gasteiger partial charge on any atom is -1.00 e. The summed E-state index contributed by atoms with van der Waals surface area (Å²) in [7, 11) is -2.48. The number of rotatable bonds is 2. The third-order valence-electron chi connectivity index (χ3n) is 1.08. The molecule has 0 aromatic carbocycles. The van der Waals surface area contributed by atoms with Gasteiger partial charge in [0.15, 0.2) is 5.16 Å². The van der Waals surface area contributed by atoms with Crippen molar-refractivity contribution in [2.24, 2.45) is 0 Å². The van der Waals surface area contributed by atoms with Gasteiger partial charge >= 0.3 is 58.7 Å². The second-order valence-corrected chi connectivity index (χ2v) is 2.58. The Morgan fingerprint density at radius 3 is 2.08 bits per heavy atom. The van der Waals surface area contributed by atoms with Gasteiger partial charge in [0.1, 0.15) is 0 Å². The van der Waals surface area contributed by atoms with Crippen LogP contribution in [0.2, 0.25) is 0 Å². The fourth-order valence-electron chi connectivity index (χ4n) is 0.544. The molecule has 0 radical (unpaired) electrons. The average Bonchev–Trinajstić information content (AvgIpc) is 2.05. The first-order valence-corrected chi connectivity index (χ1v) is 4.10. The Balaban J connectivity index is 0. The molecule has 0 bridgehead atoms. The molecule has 2 nitrogen and oxygen atoms in total. The van der Waals surface area contributed by atoms with Gasteiger partial charge in [-0.3, -0.25) is 8.63 Å². The number of hydrogen-bond donors (Lipinski definition) is 0. The first kappa shape index (κ1) is 16.4. The third-order valence-corrected chi connectivity index (χ3v) is 1.66. The Morgan fingerprint density at radius 2 is 1.77 bits per heavy atom. The number of aromatic nitrogens is 2. The van der Waals surface area contributed by atoms with Gasteiger partial charge in [-0.15, -0.1) is 0 Å². The van der Waals surface area contributed by atoms with Gasteiger partial charge in [0.2, 0.25) is 0 Å². The van der Waals surface area contributed by atoms with Gasteiger partial charge in [0, 0.05) is 17.9 Å². The van der Waals surface area contributed by atoms with E-state index in [0.717, 1.165) is 12.4 Å². The standard InChI is InChI=1S/C5H5BF2N2S.FH.K/c1-11-5-9-2-4(3-10-5)6(7)8;;/h2-3H,1H3;1H;/q;;+1/p-1. The Kier molecular flexibility index (Phi) is 10.4. The van der Waals surface area contributed by atoms with Gasteiger partial charge in [-0.2, -0.15) is 0 Å². The van der Waals surface area contributed by atoms with Crippen molar-refractivity contribution in [3.8, 4) is 0 Å². The first-order chi connectivity index (χ1) is 5.24. The van der Waals surface area contributed by atoms with Crippen molar-refractivity contribution in [1.29, 1.82) is 0 Å². The van der Waals surface area contributed by atoms with Crippen molar-refractivity contribution in [3.63, 3.8) is 0 Å². The molecule has 1 aromatic heterocycles. The number of thioether (sulfide) groups is 1. The number of halogens is 3. The zero-order valence-corrected chi connectivity index (χ0v) is 11.1. The minimum atomic E-state index is -2.48. The number of nitrogens with zero attached hydrogens (tertiary/aromatic N) is 2. The van der Waals surface area contributed by atoms with Crippen LogP contribution in [0.4, 0.5) is 8.63 Å². The zero-order chi connectivity index (χ0) is 8.27. The van der Waals surface area contributed by atoms with Crippen LogP contribution in [0.15, 0.2) is 17.6 Å². The largest absolute Gasteiger partial charge is 1.00 e. The van der Waals surface area contributed by atoms with E-state index < -0.39 is 7.27 Å². The second kappa shape index (κ2) is 8.25. The van der Waals surface area contributed by atoms with Crippen LogP contribution in [0.1, 0.15) is 0 Å². The normalized spacial score (nSPS) is 8.23. The smallest absolute Gasteiger partial charge is 1.00 e. The molecule has 0 unspecified atom stereocenters. The molecule has 1 aromatic rings. The topological polar surface area (TPSA) is 25.8 Å². The van der Waals surface area contributed by atoms with Gasteiger partial charge in [-0.25, -0.2) is 9.97 Å². The van der Waals surface area contributed by atoms with Crippen LogP contribution in [0.5, 0.6) is 0 Å². The zero-order valence-electron chi connectivity index (χ0n) is 7.17. The first-order valence-electron chi connectivity index (χ1n) is 2.88. The van der Waals surface area contributed by atoms with E-state index in [0.29, 0.717) is 5.16 Å². The predicted octanol–water partition coefficient (Wildman–Crippen LogP) is -5.16. The Hall–Kier alpha value is 0.921. The maximum absolute atomic E-state index is 11.9. The Labute approximate surface area is 121 Å². The van der Waals surface area contributed by atoms with Gasteiger partial charge in [-0.05, 0) is 6.26 Å². The van der Waals surface area contributed by atoms with Crippen LogP contribution in [0.3, 0.4) is 0 Å². The minimum absolute atomic E-state index is 0. The molecular formula is C5H5BF3KN2S. The summed E-state index contributed by atoms with van der Waals surface area (Å²) in [5, 5.41) is 0.509. The molecule has 0 amide bonds. The van der Waals surface area contributed by atoms with Crippen LogP contribution in [-0.2, 0) is 0 Å². The summed E-state index contributed by atoms with van der Waals surface area (Å²) >= 11 is 1.32. The molecule has 66 valence electrons. The summed E-state index contributed by atoms with van der Waals surface area (Å²) in [5.74, 6) is 0. The fourth-order valence-corrected chi connectivity index (χ4v) is 0.861. The number of hydrogen-bond acceptors (Lipinski definition) is 3. The monoisotopic (exact) mass is 232 g/mol. The molecule has 0 saturated heterocycles. The molecule has 0 saturated carbocycles. The summed E-state index contributed by atoms with van der Waals surface area (Å²) in [4.78, 5) is 7.38. The van der Waals surface area contributed by atoms with Crippen molar-refractivity contribution < 1.29 is 64.7 Å². The van der Waals surface area contributed by atoms with E-state index >= 15 is 0 Å². The van der Waals surface area contributed by atoms with Crippen molar-refractivity contribution >= 4 is 24.5 Å². The molecule has 8 heteroatoms. The average molecular weight is 232 g/mol. The van der Waals surface area contributed by atoms with Gasteiger partial charge in [-0.1, -0.05) is 11.8 Å². The molecule has 0 aliphatic carbocycles. The van der Waals surface area contributed by atoms with Crippen LogP contribution in [-0.4, -0.2) is 23.5 Å². The Bertz CT molecular complexity index is 236. The molecule has 1 rings (SSSR count). The molecule has 0 aliphatic heterocycles. The van der Waals surface area contributed by atoms with Crippen LogP contribution in [0, 0.1) is 0 Å². The van der Waals surface area contributed by atoms with Gasteiger partial charge in [0.25, 0.3) is 0 Å². The summed E-state index contributed by atoms with van der Waals surface area (Å²) in [6.07, 6.45) is 4.07. The van der Waals surface area contributed by atoms with Gasteiger partial charge < -0.3 is 4.70 Å². The van der Waals surface area contributed by atoms with Crippen molar-refractivity contribution in [2.45, 2.75) is 5.16 Å². The predicted molar refractivity (Wildman–Crippen MR) is 41.4 cm³/mol. The summed E-state index contributed by atoms with van der Waals surface area (Å²) < 4.78 is 23.8. The van der Waals surface area contributed by atoms with Crippen molar-refractivity contribution in [3.05, 3.63) is 12.4 Å². The van der Waals surface area contributed by atoms with E-state index in [1.807, 2.05) is 0 Å². The quantitative estimate of drug-likeness (QED) is 0.290. The van der Waals surface area contributed by atoms with E-state index in [4.69, 9.17) is 0 Å². The maximum Gasteiger partial charge on any atom is 1.00 e. The second-order valence-electron chi connectivity index (χ2n) is 1.80. The summed E-state index contributed by atoms with van der Waals surface area (Å²) in [6.45, 7) is 0. The van der Waals surface area contributed by atoms with E-state index in [1.54, 1.807) is 6.26 Å². The van der Waals surface area contributed by atoms with Crippen molar-refractivity contribution in [2.75, 3.05) is 6.26 Å². The fraction of sp³-hybridized carbons (Fsp3) is 0.200. The summed E-state index contributed by atoms with van der Waals surface area (Å²) in [5.41, 5.74) is -0.136. The summed E-state index contributed by atoms with van der Waals surface area (Å²) in [6, 6.07) is 0.